The van der Waals surface area contributed by atoms with E-state index in [9.17, 15) is 9.59 Å². The third-order valence-electron chi connectivity index (χ3n) is 4.51. The Kier molecular flexibility index (Phi) is 7.05. The Balaban J connectivity index is 1.76. The third-order valence-corrected chi connectivity index (χ3v) is 4.51. The Labute approximate surface area is 162 Å². The topological polar surface area (TPSA) is 74.8 Å². The van der Waals surface area contributed by atoms with Crippen molar-refractivity contribution in [3.05, 3.63) is 23.9 Å². The van der Waals surface area contributed by atoms with Crippen LogP contribution in [0.15, 0.2) is 18.3 Å². The van der Waals surface area contributed by atoms with Gasteiger partial charge in [0.05, 0.1) is 0 Å². The first-order chi connectivity index (χ1) is 12.7. The van der Waals surface area contributed by atoms with Crippen LogP contribution in [-0.2, 0) is 16.1 Å². The highest BCUT2D eigenvalue weighted by Crippen LogP contribution is 2.22. The van der Waals surface area contributed by atoms with E-state index >= 15 is 0 Å². The first kappa shape index (κ1) is 21.0. The molecule has 0 bridgehead atoms. The molecule has 1 saturated heterocycles. The molecule has 2 amide bonds. The molecule has 0 aliphatic carbocycles. The minimum absolute atomic E-state index is 0.0410. The fourth-order valence-corrected chi connectivity index (χ4v) is 3.15. The number of nitrogens with one attached hydrogen (secondary N) is 1. The predicted octanol–water partition coefficient (Wildman–Crippen LogP) is 2.80. The Morgan fingerprint density at radius 1 is 1.30 bits per heavy atom. The van der Waals surface area contributed by atoms with Crippen molar-refractivity contribution < 1.29 is 14.3 Å². The SMILES string of the molecule is CN(C)c1ncccc1CNC(=O)CC1CCN(C(=O)OC(C)(C)C)CC1. The maximum atomic E-state index is 12.3. The van der Waals surface area contributed by atoms with E-state index in [0.29, 0.717) is 32.0 Å². The molecule has 0 aromatic carbocycles. The van der Waals surface area contributed by atoms with Crippen LogP contribution < -0.4 is 10.2 Å². The van der Waals surface area contributed by atoms with Gasteiger partial charge in [0.1, 0.15) is 11.4 Å². The lowest BCUT2D eigenvalue weighted by atomic mass is 9.93. The van der Waals surface area contributed by atoms with Gasteiger partial charge in [-0.3, -0.25) is 4.79 Å². The van der Waals surface area contributed by atoms with Gasteiger partial charge in [-0.15, -0.1) is 0 Å². The van der Waals surface area contributed by atoms with Crippen molar-refractivity contribution in [2.45, 2.75) is 52.2 Å². The van der Waals surface area contributed by atoms with Crippen LogP contribution in [0.4, 0.5) is 10.6 Å². The molecule has 0 spiro atoms. The van der Waals surface area contributed by atoms with Crippen molar-refractivity contribution in [1.82, 2.24) is 15.2 Å². The molecular formula is C20H32N4O3. The molecule has 0 atom stereocenters. The number of ether oxygens (including phenoxy) is 1. The van der Waals surface area contributed by atoms with Crippen LogP contribution in [-0.4, -0.2) is 54.7 Å². The van der Waals surface area contributed by atoms with Gasteiger partial charge in [0.15, 0.2) is 0 Å². The molecule has 7 heteroatoms. The number of carbonyl (C=O) groups is 2. The average Bonchev–Trinajstić information content (AvgIpc) is 2.59. The average molecular weight is 377 g/mol. The molecule has 0 radical (unpaired) electrons. The molecule has 1 aromatic heterocycles. The number of rotatable bonds is 5. The van der Waals surface area contributed by atoms with Crippen LogP contribution in [0.25, 0.3) is 0 Å². The maximum Gasteiger partial charge on any atom is 0.410 e. The fraction of sp³-hybridized carbons (Fsp3) is 0.650. The van der Waals surface area contributed by atoms with Crippen LogP contribution in [0.3, 0.4) is 0 Å². The molecule has 0 saturated carbocycles. The predicted molar refractivity (Wildman–Crippen MR) is 106 cm³/mol. The Morgan fingerprint density at radius 2 is 1.96 bits per heavy atom. The lowest BCUT2D eigenvalue weighted by Gasteiger charge is -2.33. The summed E-state index contributed by atoms with van der Waals surface area (Å²) in [5.41, 5.74) is 0.515. The van der Waals surface area contributed by atoms with Crippen molar-refractivity contribution in [3.8, 4) is 0 Å². The lowest BCUT2D eigenvalue weighted by Crippen LogP contribution is -2.42. The summed E-state index contributed by atoms with van der Waals surface area (Å²) in [7, 11) is 3.87. The Hall–Kier alpha value is -2.31. The van der Waals surface area contributed by atoms with E-state index in [1.807, 2.05) is 51.9 Å². The van der Waals surface area contributed by atoms with Gasteiger partial charge in [0.25, 0.3) is 0 Å². The molecule has 1 fully saturated rings. The molecule has 1 aliphatic heterocycles. The quantitative estimate of drug-likeness (QED) is 0.855. The Bertz CT molecular complexity index is 647. The summed E-state index contributed by atoms with van der Waals surface area (Å²) in [6.45, 7) is 7.35. The minimum atomic E-state index is -0.481. The highest BCUT2D eigenvalue weighted by atomic mass is 16.6. The molecule has 0 unspecified atom stereocenters. The number of aromatic nitrogens is 1. The van der Waals surface area contributed by atoms with Gasteiger partial charge in [0.2, 0.25) is 5.91 Å². The molecule has 1 aromatic rings. The second kappa shape index (κ2) is 9.06. The standard InChI is InChI=1S/C20H32N4O3/c1-20(2,3)27-19(26)24-11-8-15(9-12-24)13-17(25)22-14-16-7-6-10-21-18(16)23(4)5/h6-7,10,15H,8-9,11-14H2,1-5H3,(H,22,25). The van der Waals surface area contributed by atoms with Crippen molar-refractivity contribution in [2.75, 3.05) is 32.1 Å². The lowest BCUT2D eigenvalue weighted by molar-refractivity contribution is -0.122. The molecule has 150 valence electrons. The van der Waals surface area contributed by atoms with Gasteiger partial charge < -0.3 is 19.9 Å². The number of carbonyl (C=O) groups excluding carboxylic acids is 2. The highest BCUT2D eigenvalue weighted by Gasteiger charge is 2.27. The zero-order valence-corrected chi connectivity index (χ0v) is 17.1. The summed E-state index contributed by atoms with van der Waals surface area (Å²) < 4.78 is 5.41. The summed E-state index contributed by atoms with van der Waals surface area (Å²) >= 11 is 0. The summed E-state index contributed by atoms with van der Waals surface area (Å²) in [6, 6.07) is 3.85. The van der Waals surface area contributed by atoms with E-state index in [0.717, 1.165) is 24.2 Å². The van der Waals surface area contributed by atoms with Crippen molar-refractivity contribution in [2.24, 2.45) is 5.92 Å². The monoisotopic (exact) mass is 376 g/mol. The van der Waals surface area contributed by atoms with Gasteiger partial charge in [0, 0.05) is 51.9 Å². The van der Waals surface area contributed by atoms with Crippen molar-refractivity contribution >= 4 is 17.8 Å². The number of pyridine rings is 1. The van der Waals surface area contributed by atoms with Crippen LogP contribution in [0.2, 0.25) is 0 Å². The number of nitrogens with zero attached hydrogens (tertiary/aromatic N) is 3. The zero-order chi connectivity index (χ0) is 20.0. The summed E-state index contributed by atoms with van der Waals surface area (Å²) in [5, 5.41) is 3.00. The highest BCUT2D eigenvalue weighted by molar-refractivity contribution is 5.76. The van der Waals surface area contributed by atoms with E-state index in [1.165, 1.54) is 0 Å². The molecule has 27 heavy (non-hydrogen) atoms. The van der Waals surface area contributed by atoms with Gasteiger partial charge in [-0.1, -0.05) is 6.07 Å². The fourth-order valence-electron chi connectivity index (χ4n) is 3.15. The molecular weight excluding hydrogens is 344 g/mol. The first-order valence-electron chi connectivity index (χ1n) is 9.51. The first-order valence-corrected chi connectivity index (χ1v) is 9.51. The van der Waals surface area contributed by atoms with Crippen molar-refractivity contribution in [3.63, 3.8) is 0 Å². The van der Waals surface area contributed by atoms with Gasteiger partial charge in [-0.05, 0) is 45.6 Å². The second-order valence-electron chi connectivity index (χ2n) is 8.27. The van der Waals surface area contributed by atoms with Crippen LogP contribution >= 0.6 is 0 Å². The van der Waals surface area contributed by atoms with Crippen LogP contribution in [0.1, 0.15) is 45.6 Å². The molecule has 2 heterocycles. The number of hydrogen-bond acceptors (Lipinski definition) is 5. The number of amides is 2. The van der Waals surface area contributed by atoms with E-state index in [-0.39, 0.29) is 12.0 Å². The molecule has 1 N–H and O–H groups in total. The largest absolute Gasteiger partial charge is 0.444 e. The smallest absolute Gasteiger partial charge is 0.410 e. The molecule has 2 rings (SSSR count). The third kappa shape index (κ3) is 6.73. The number of anilines is 1. The van der Waals surface area contributed by atoms with E-state index in [2.05, 4.69) is 10.3 Å². The summed E-state index contributed by atoms with van der Waals surface area (Å²) in [6.07, 6.45) is 3.61. The maximum absolute atomic E-state index is 12.3. The zero-order valence-electron chi connectivity index (χ0n) is 17.1. The van der Waals surface area contributed by atoms with Crippen molar-refractivity contribution in [1.29, 1.82) is 0 Å². The van der Waals surface area contributed by atoms with Gasteiger partial charge >= 0.3 is 6.09 Å². The van der Waals surface area contributed by atoms with Crippen LogP contribution in [0.5, 0.6) is 0 Å². The number of piperidine rings is 1. The Morgan fingerprint density at radius 3 is 2.56 bits per heavy atom. The minimum Gasteiger partial charge on any atom is -0.444 e. The second-order valence-corrected chi connectivity index (χ2v) is 8.27. The summed E-state index contributed by atoms with van der Waals surface area (Å²) in [5.74, 6) is 1.20. The molecule has 1 aliphatic rings. The number of hydrogen-bond donors (Lipinski definition) is 1. The summed E-state index contributed by atoms with van der Waals surface area (Å²) in [4.78, 5) is 32.4. The van der Waals surface area contributed by atoms with Gasteiger partial charge in [-0.2, -0.15) is 0 Å². The van der Waals surface area contributed by atoms with Gasteiger partial charge in [-0.25, -0.2) is 9.78 Å². The van der Waals surface area contributed by atoms with E-state index < -0.39 is 5.60 Å². The van der Waals surface area contributed by atoms with E-state index in [4.69, 9.17) is 4.74 Å². The molecule has 7 nitrogen and oxygen atoms in total. The number of likely N-dealkylation sites (tertiary alicyclic amines) is 1. The van der Waals surface area contributed by atoms with E-state index in [1.54, 1.807) is 11.1 Å². The van der Waals surface area contributed by atoms with Crippen LogP contribution in [0, 0.1) is 5.92 Å². The normalized spacial score (nSPS) is 15.4.